The van der Waals surface area contributed by atoms with Crippen molar-refractivity contribution in [2.45, 2.75) is 123 Å². The van der Waals surface area contributed by atoms with Gasteiger partial charge in [-0.3, -0.25) is 19.2 Å². The van der Waals surface area contributed by atoms with E-state index in [1.54, 1.807) is 31.4 Å². The molecule has 1 unspecified atom stereocenters. The Morgan fingerprint density at radius 3 is 2.16 bits per heavy atom. The van der Waals surface area contributed by atoms with Gasteiger partial charge in [0.1, 0.15) is 30.0 Å². The highest BCUT2D eigenvalue weighted by Gasteiger charge is 2.70. The van der Waals surface area contributed by atoms with Crippen LogP contribution in [0.3, 0.4) is 0 Å². The van der Waals surface area contributed by atoms with E-state index in [2.05, 4.69) is 29.8 Å². The third-order valence-electron chi connectivity index (χ3n) is 11.8. The third kappa shape index (κ3) is 8.17. The number of nitrogens with two attached hydrogens (primary N) is 1. The van der Waals surface area contributed by atoms with Crippen LogP contribution in [-0.2, 0) is 35.3 Å². The second-order valence-electron chi connectivity index (χ2n) is 16.7. The molecule has 5 atom stereocenters. The molecule has 1 heterocycles. The molecular weight excluding hydrogens is 654 g/mol. The van der Waals surface area contributed by atoms with Crippen molar-refractivity contribution in [3.05, 3.63) is 29.8 Å². The Morgan fingerprint density at radius 1 is 0.961 bits per heavy atom. The van der Waals surface area contributed by atoms with Crippen molar-refractivity contribution in [1.29, 1.82) is 0 Å². The number of carbonyl (C=O) groups is 6. The fraction of sp³-hybridized carbons (Fsp3) is 0.684. The van der Waals surface area contributed by atoms with Gasteiger partial charge in [0.05, 0.1) is 13.2 Å². The Morgan fingerprint density at radius 2 is 1.61 bits per heavy atom. The highest BCUT2D eigenvalue weighted by atomic mass is 16.5. The number of urea groups is 1. The maximum atomic E-state index is 14.5. The molecule has 280 valence electrons. The standard InChI is InChI=1S/C38H55N5O8/c1-36(2,3)30(41-35(49)42-38(17-8-7-9-18-38)34(48)51-21-23-13-15-24(50-6)16-14-23)33(47)43-20-25-27(37(25,4)5)28(43)32(46)40-26(29(44)31(39)45)19-22-11-10-12-22/h13-16,22,25-28,30H,7-12,17-21H2,1-6H3,(H2,39,45)(H,40,46)(H2,41,42,49)/t25-,26?,27-,28-,30+/m0/s1. The molecule has 13 nitrogen and oxygen atoms in total. The zero-order valence-corrected chi connectivity index (χ0v) is 30.8. The highest BCUT2D eigenvalue weighted by Crippen LogP contribution is 2.65. The largest absolute Gasteiger partial charge is 0.497 e. The van der Waals surface area contributed by atoms with E-state index in [1.165, 1.54) is 4.90 Å². The molecule has 13 heteroatoms. The van der Waals surface area contributed by atoms with Crippen LogP contribution in [0.15, 0.2) is 24.3 Å². The number of Topliss-reactive ketones (excluding diaryl/α,β-unsaturated/α-hetero) is 1. The van der Waals surface area contributed by atoms with Gasteiger partial charge in [0.25, 0.3) is 5.91 Å². The first-order valence-corrected chi connectivity index (χ1v) is 18.3. The summed E-state index contributed by atoms with van der Waals surface area (Å²) >= 11 is 0. The third-order valence-corrected chi connectivity index (χ3v) is 11.8. The number of ketones is 1. The minimum absolute atomic E-state index is 0.0284. The maximum Gasteiger partial charge on any atom is 0.332 e. The topological polar surface area (TPSA) is 186 Å². The van der Waals surface area contributed by atoms with Gasteiger partial charge in [-0.2, -0.15) is 0 Å². The van der Waals surface area contributed by atoms with E-state index in [4.69, 9.17) is 15.2 Å². The van der Waals surface area contributed by atoms with Gasteiger partial charge in [0.15, 0.2) is 0 Å². The number of piperidine rings is 1. The number of nitrogens with one attached hydrogen (secondary N) is 3. The van der Waals surface area contributed by atoms with Crippen molar-refractivity contribution >= 4 is 35.5 Å². The van der Waals surface area contributed by atoms with Gasteiger partial charge in [-0.25, -0.2) is 9.59 Å². The molecule has 1 aromatic rings. The second-order valence-corrected chi connectivity index (χ2v) is 16.7. The monoisotopic (exact) mass is 709 g/mol. The number of fused-ring (bicyclic) bond motifs is 1. The molecule has 0 bridgehead atoms. The molecule has 5 amide bonds. The lowest BCUT2D eigenvalue weighted by atomic mass is 9.80. The van der Waals surface area contributed by atoms with Crippen LogP contribution in [0.25, 0.3) is 0 Å². The van der Waals surface area contributed by atoms with Crippen molar-refractivity contribution in [2.24, 2.45) is 34.3 Å². The molecule has 4 aliphatic rings. The molecule has 0 radical (unpaired) electrons. The minimum atomic E-state index is -1.26. The molecule has 3 saturated carbocycles. The fourth-order valence-electron chi connectivity index (χ4n) is 8.28. The quantitative estimate of drug-likeness (QED) is 0.177. The fourth-order valence-corrected chi connectivity index (χ4v) is 8.28. The first-order chi connectivity index (χ1) is 24.0. The van der Waals surface area contributed by atoms with Gasteiger partial charge in [-0.15, -0.1) is 0 Å². The second kappa shape index (κ2) is 14.8. The predicted molar refractivity (Wildman–Crippen MR) is 188 cm³/mol. The Bertz CT molecular complexity index is 1510. The van der Waals surface area contributed by atoms with Crippen molar-refractivity contribution in [1.82, 2.24) is 20.9 Å². The van der Waals surface area contributed by atoms with Crippen molar-refractivity contribution in [3.63, 3.8) is 0 Å². The van der Waals surface area contributed by atoms with Crippen LogP contribution in [0.1, 0.15) is 98.0 Å². The van der Waals surface area contributed by atoms with Gasteiger partial charge < -0.3 is 36.1 Å². The number of esters is 1. The van der Waals surface area contributed by atoms with Crippen LogP contribution in [0.2, 0.25) is 0 Å². The number of nitrogens with zero attached hydrogens (tertiary/aromatic N) is 1. The number of ether oxygens (including phenoxy) is 2. The van der Waals surface area contributed by atoms with Gasteiger partial charge in [-0.05, 0) is 65.5 Å². The first-order valence-electron chi connectivity index (χ1n) is 18.3. The van der Waals surface area contributed by atoms with Crippen LogP contribution in [-0.4, -0.2) is 77.7 Å². The molecule has 3 aliphatic carbocycles. The lowest BCUT2D eigenvalue weighted by Gasteiger charge is -2.39. The minimum Gasteiger partial charge on any atom is -0.497 e. The van der Waals surface area contributed by atoms with Crippen molar-refractivity contribution < 1.29 is 38.2 Å². The molecule has 1 aromatic carbocycles. The summed E-state index contributed by atoms with van der Waals surface area (Å²) in [5.74, 6) is -2.63. The average molecular weight is 710 g/mol. The number of primary amides is 1. The molecule has 0 spiro atoms. The van der Waals surface area contributed by atoms with E-state index >= 15 is 0 Å². The van der Waals surface area contributed by atoms with Crippen molar-refractivity contribution in [3.8, 4) is 5.75 Å². The SMILES string of the molecule is COc1ccc(COC(=O)C2(NC(=O)N[C@H](C(=O)N3C[C@H]4[C@@H]([C@H]3C(=O)NC(CC3CCC3)C(=O)C(N)=O)C4(C)C)C(C)(C)C)CCCCC2)cc1. The molecule has 5 N–H and O–H groups in total. The number of benzene rings is 1. The number of amides is 5. The summed E-state index contributed by atoms with van der Waals surface area (Å²) < 4.78 is 10.9. The van der Waals surface area contributed by atoms with Gasteiger partial charge in [0.2, 0.25) is 17.6 Å². The molecule has 51 heavy (non-hydrogen) atoms. The molecule has 4 fully saturated rings. The summed E-state index contributed by atoms with van der Waals surface area (Å²) in [7, 11) is 1.57. The highest BCUT2D eigenvalue weighted by molar-refractivity contribution is 6.37. The van der Waals surface area contributed by atoms with Gasteiger partial charge in [-0.1, -0.05) is 85.3 Å². The summed E-state index contributed by atoms with van der Waals surface area (Å²) in [6.45, 7) is 9.91. The average Bonchev–Trinajstić information content (AvgIpc) is 3.37. The van der Waals surface area contributed by atoms with Gasteiger partial charge >= 0.3 is 12.0 Å². The normalized spacial score (nSPS) is 24.5. The van der Waals surface area contributed by atoms with E-state index in [0.717, 1.165) is 44.1 Å². The van der Waals surface area contributed by atoms with E-state index in [-0.39, 0.29) is 29.8 Å². The molecular formula is C38H55N5O8. The Kier molecular flexibility index (Phi) is 11.1. The number of hydrogen-bond donors (Lipinski definition) is 4. The smallest absolute Gasteiger partial charge is 0.332 e. The first kappa shape index (κ1) is 38.1. The molecule has 1 saturated heterocycles. The van der Waals surface area contributed by atoms with E-state index in [1.807, 2.05) is 20.8 Å². The zero-order valence-electron chi connectivity index (χ0n) is 30.8. The van der Waals surface area contributed by atoms with Crippen LogP contribution in [0, 0.1) is 28.6 Å². The van der Waals surface area contributed by atoms with E-state index in [0.29, 0.717) is 31.6 Å². The van der Waals surface area contributed by atoms with Crippen molar-refractivity contribution in [2.75, 3.05) is 13.7 Å². The summed E-state index contributed by atoms with van der Waals surface area (Å²) in [6, 6.07) is 3.49. The van der Waals surface area contributed by atoms with Crippen LogP contribution in [0.5, 0.6) is 5.75 Å². The summed E-state index contributed by atoms with van der Waals surface area (Å²) in [5, 5.41) is 8.56. The molecule has 0 aromatic heterocycles. The van der Waals surface area contributed by atoms with E-state index < -0.39 is 64.6 Å². The predicted octanol–water partition coefficient (Wildman–Crippen LogP) is 3.37. The number of hydrogen-bond acceptors (Lipinski definition) is 8. The molecule has 1 aliphatic heterocycles. The number of carbonyl (C=O) groups excluding carboxylic acids is 6. The Labute approximate surface area is 300 Å². The van der Waals surface area contributed by atoms with Crippen LogP contribution >= 0.6 is 0 Å². The Hall–Kier alpha value is -4.16. The lowest BCUT2D eigenvalue weighted by molar-refractivity contribution is -0.154. The van der Waals surface area contributed by atoms with Gasteiger partial charge in [0, 0.05) is 6.54 Å². The maximum absolute atomic E-state index is 14.5. The number of likely N-dealkylation sites (tertiary alicyclic amines) is 1. The summed E-state index contributed by atoms with van der Waals surface area (Å²) in [5.41, 5.74) is 3.88. The Balaban J connectivity index is 1.30. The summed E-state index contributed by atoms with van der Waals surface area (Å²) in [4.78, 5) is 82.0. The van der Waals surface area contributed by atoms with Crippen LogP contribution < -0.4 is 26.4 Å². The van der Waals surface area contributed by atoms with Crippen LogP contribution in [0.4, 0.5) is 4.79 Å². The molecule has 5 rings (SSSR count). The number of rotatable bonds is 13. The number of methoxy groups -OCH3 is 1. The zero-order chi connectivity index (χ0) is 37.3. The van der Waals surface area contributed by atoms with E-state index in [9.17, 15) is 28.8 Å². The lowest BCUT2D eigenvalue weighted by Crippen LogP contribution is -2.64. The summed E-state index contributed by atoms with van der Waals surface area (Å²) in [6.07, 6.45) is 6.33.